The van der Waals surface area contributed by atoms with Gasteiger partial charge >= 0.3 is 0 Å². The first-order valence-corrected chi connectivity index (χ1v) is 10.4. The maximum Gasteiger partial charge on any atom is 0.275 e. The Bertz CT molecular complexity index is 960. The van der Waals surface area contributed by atoms with Crippen LogP contribution in [0.3, 0.4) is 0 Å². The van der Waals surface area contributed by atoms with Crippen LogP contribution < -0.4 is 10.1 Å². The third-order valence-corrected chi connectivity index (χ3v) is 6.11. The van der Waals surface area contributed by atoms with Crippen LogP contribution in [0.4, 0.5) is 10.2 Å². The quantitative estimate of drug-likeness (QED) is 0.752. The number of sulfonamides is 1. The Morgan fingerprint density at radius 2 is 2.11 bits per heavy atom. The van der Waals surface area contributed by atoms with Crippen molar-refractivity contribution in [2.24, 2.45) is 0 Å². The zero-order chi connectivity index (χ0) is 20.3. The zero-order valence-corrected chi connectivity index (χ0v) is 16.4. The van der Waals surface area contributed by atoms with Crippen molar-refractivity contribution in [1.82, 2.24) is 14.3 Å². The SMILES string of the molecule is CCCS(=O)(=O)N1CC(Oc2cc(C)nc(C(=O)Nc3ccc(F)cn3)c2)C1. The molecule has 3 heterocycles. The van der Waals surface area contributed by atoms with Crippen molar-refractivity contribution < 1.29 is 22.3 Å². The molecule has 0 saturated carbocycles. The molecule has 3 rings (SSSR count). The Balaban J connectivity index is 1.64. The fraction of sp³-hybridized carbons (Fsp3) is 0.389. The Morgan fingerprint density at radius 3 is 2.75 bits per heavy atom. The molecule has 8 nitrogen and oxygen atoms in total. The average Bonchev–Trinajstić information content (AvgIpc) is 2.59. The van der Waals surface area contributed by atoms with Crippen molar-refractivity contribution in [3.63, 3.8) is 0 Å². The van der Waals surface area contributed by atoms with E-state index in [0.717, 1.165) is 6.20 Å². The highest BCUT2D eigenvalue weighted by Gasteiger charge is 2.36. The summed E-state index contributed by atoms with van der Waals surface area (Å²) in [7, 11) is -3.22. The zero-order valence-electron chi connectivity index (χ0n) is 15.6. The van der Waals surface area contributed by atoms with Crippen molar-refractivity contribution >= 4 is 21.7 Å². The number of carbonyl (C=O) groups excluding carboxylic acids is 1. The Morgan fingerprint density at radius 1 is 1.36 bits per heavy atom. The molecular formula is C18H21FN4O4S. The average molecular weight is 408 g/mol. The van der Waals surface area contributed by atoms with Crippen LogP contribution >= 0.6 is 0 Å². The van der Waals surface area contributed by atoms with Crippen LogP contribution in [0.5, 0.6) is 5.75 Å². The van der Waals surface area contributed by atoms with Crippen molar-refractivity contribution in [2.45, 2.75) is 26.4 Å². The van der Waals surface area contributed by atoms with E-state index in [1.807, 2.05) is 6.92 Å². The Labute approximate surface area is 162 Å². The topological polar surface area (TPSA) is 101 Å². The molecule has 1 fully saturated rings. The van der Waals surface area contributed by atoms with Crippen LogP contribution in [0.15, 0.2) is 30.5 Å². The number of ether oxygens (including phenoxy) is 1. The van der Waals surface area contributed by atoms with E-state index in [1.54, 1.807) is 13.0 Å². The van der Waals surface area contributed by atoms with Gasteiger partial charge in [-0.25, -0.2) is 22.8 Å². The summed E-state index contributed by atoms with van der Waals surface area (Å²) in [6.45, 7) is 4.10. The molecule has 28 heavy (non-hydrogen) atoms. The lowest BCUT2D eigenvalue weighted by atomic mass is 10.2. The van der Waals surface area contributed by atoms with Gasteiger partial charge in [0.25, 0.3) is 5.91 Å². The normalized spacial score (nSPS) is 15.1. The monoisotopic (exact) mass is 408 g/mol. The molecule has 10 heteroatoms. The van der Waals surface area contributed by atoms with Crippen LogP contribution in [-0.2, 0) is 10.0 Å². The number of nitrogens with one attached hydrogen (secondary N) is 1. The number of rotatable bonds is 7. The number of carbonyl (C=O) groups is 1. The van der Waals surface area contributed by atoms with E-state index in [-0.39, 0.29) is 36.5 Å². The van der Waals surface area contributed by atoms with Gasteiger partial charge in [-0.15, -0.1) is 0 Å². The Kier molecular flexibility index (Phi) is 5.90. The highest BCUT2D eigenvalue weighted by molar-refractivity contribution is 7.89. The summed E-state index contributed by atoms with van der Waals surface area (Å²) in [5.74, 6) is -0.253. The van der Waals surface area contributed by atoms with Gasteiger partial charge in [-0.1, -0.05) is 6.92 Å². The number of halogens is 1. The van der Waals surface area contributed by atoms with E-state index >= 15 is 0 Å². The van der Waals surface area contributed by atoms with Crippen molar-refractivity contribution in [1.29, 1.82) is 0 Å². The molecule has 0 radical (unpaired) electrons. The highest BCUT2D eigenvalue weighted by Crippen LogP contribution is 2.22. The largest absolute Gasteiger partial charge is 0.488 e. The number of pyridine rings is 2. The third-order valence-electron chi connectivity index (χ3n) is 4.10. The fourth-order valence-corrected chi connectivity index (χ4v) is 4.29. The van der Waals surface area contributed by atoms with Gasteiger partial charge in [0.1, 0.15) is 29.2 Å². The fourth-order valence-electron chi connectivity index (χ4n) is 2.73. The summed E-state index contributed by atoms with van der Waals surface area (Å²) in [4.78, 5) is 20.3. The van der Waals surface area contributed by atoms with E-state index in [0.29, 0.717) is 17.9 Å². The lowest BCUT2D eigenvalue weighted by Gasteiger charge is -2.37. The summed E-state index contributed by atoms with van der Waals surface area (Å²) in [6.07, 6.45) is 1.29. The second kappa shape index (κ2) is 8.19. The molecule has 0 spiro atoms. The molecule has 1 aliphatic rings. The molecule has 0 bridgehead atoms. The number of aromatic nitrogens is 2. The predicted octanol–water partition coefficient (Wildman–Crippen LogP) is 1.98. The minimum Gasteiger partial charge on any atom is -0.488 e. The first-order chi connectivity index (χ1) is 13.3. The van der Waals surface area contributed by atoms with Gasteiger partial charge in [-0.3, -0.25) is 4.79 Å². The predicted molar refractivity (Wildman–Crippen MR) is 101 cm³/mol. The number of anilines is 1. The summed E-state index contributed by atoms with van der Waals surface area (Å²) >= 11 is 0. The molecule has 2 aromatic rings. The van der Waals surface area contributed by atoms with Gasteiger partial charge < -0.3 is 10.1 Å². The van der Waals surface area contributed by atoms with Crippen LogP contribution in [0.1, 0.15) is 29.5 Å². The van der Waals surface area contributed by atoms with E-state index in [9.17, 15) is 17.6 Å². The summed E-state index contributed by atoms with van der Waals surface area (Å²) in [5, 5.41) is 2.54. The molecule has 1 aliphatic heterocycles. The van der Waals surface area contributed by atoms with Gasteiger partial charge in [0, 0.05) is 17.8 Å². The van der Waals surface area contributed by atoms with Crippen molar-refractivity contribution in [3.05, 3.63) is 47.7 Å². The summed E-state index contributed by atoms with van der Waals surface area (Å²) in [5.41, 5.74) is 0.695. The van der Waals surface area contributed by atoms with Gasteiger partial charge in [-0.05, 0) is 25.5 Å². The van der Waals surface area contributed by atoms with E-state index in [2.05, 4.69) is 15.3 Å². The first kappa shape index (κ1) is 20.2. The number of amides is 1. The molecule has 1 N–H and O–H groups in total. The first-order valence-electron chi connectivity index (χ1n) is 8.83. The number of hydrogen-bond donors (Lipinski definition) is 1. The molecule has 0 unspecified atom stereocenters. The van der Waals surface area contributed by atoms with Crippen LogP contribution in [0, 0.1) is 12.7 Å². The molecule has 0 aliphatic carbocycles. The molecule has 0 atom stereocenters. The van der Waals surface area contributed by atoms with Gasteiger partial charge in [0.15, 0.2) is 0 Å². The second-order valence-electron chi connectivity index (χ2n) is 6.52. The number of nitrogens with zero attached hydrogens (tertiary/aromatic N) is 3. The lowest BCUT2D eigenvalue weighted by Crippen LogP contribution is -2.56. The maximum absolute atomic E-state index is 12.9. The molecule has 1 saturated heterocycles. The smallest absolute Gasteiger partial charge is 0.275 e. The van der Waals surface area contributed by atoms with Gasteiger partial charge in [0.2, 0.25) is 10.0 Å². The molecule has 0 aromatic carbocycles. The van der Waals surface area contributed by atoms with Crippen molar-refractivity contribution in [2.75, 3.05) is 24.2 Å². The molecule has 2 aromatic heterocycles. The van der Waals surface area contributed by atoms with Gasteiger partial charge in [-0.2, -0.15) is 4.31 Å². The summed E-state index contributed by atoms with van der Waals surface area (Å²) < 4.78 is 44.1. The standard InChI is InChI=1S/C18H21FN4O4S/c1-3-6-28(25,26)23-10-15(11-23)27-14-7-12(2)21-16(8-14)18(24)22-17-5-4-13(19)9-20-17/h4-5,7-9,15H,3,6,10-11H2,1-2H3,(H,20,22,24). The minimum atomic E-state index is -3.22. The Hall–Kier alpha value is -2.59. The van der Waals surface area contributed by atoms with Gasteiger partial charge in [0.05, 0.1) is 25.0 Å². The molecule has 1 amide bonds. The van der Waals surface area contributed by atoms with E-state index in [4.69, 9.17) is 4.74 Å². The molecule has 150 valence electrons. The van der Waals surface area contributed by atoms with Crippen LogP contribution in [-0.4, -0.2) is 53.5 Å². The number of aryl methyl sites for hydroxylation is 1. The highest BCUT2D eigenvalue weighted by atomic mass is 32.2. The van der Waals surface area contributed by atoms with E-state index < -0.39 is 21.7 Å². The lowest BCUT2D eigenvalue weighted by molar-refractivity contribution is 0.0758. The summed E-state index contributed by atoms with van der Waals surface area (Å²) in [6, 6.07) is 5.70. The second-order valence-corrected chi connectivity index (χ2v) is 8.61. The maximum atomic E-state index is 12.9. The van der Waals surface area contributed by atoms with E-state index in [1.165, 1.54) is 22.5 Å². The van der Waals surface area contributed by atoms with Crippen molar-refractivity contribution in [3.8, 4) is 5.75 Å². The van der Waals surface area contributed by atoms with Crippen LogP contribution in [0.2, 0.25) is 0 Å². The molecular weight excluding hydrogens is 387 g/mol. The van der Waals surface area contributed by atoms with Crippen LogP contribution in [0.25, 0.3) is 0 Å². The minimum absolute atomic E-state index is 0.121. The number of hydrogen-bond acceptors (Lipinski definition) is 6. The third kappa shape index (κ3) is 4.82.